The van der Waals surface area contributed by atoms with E-state index in [2.05, 4.69) is 49.5 Å². The standard InChI is InChI=1S/C15H24O2Si/c1-5-9-15(14(12-16)17-2)18(3,4)13-10-7-6-8-11-13/h5-11,14-16H,12H2,1-4H3/b9-5+/t14-,15-/m1/s1. The van der Waals surface area contributed by atoms with Crippen LogP contribution >= 0.6 is 0 Å². The molecule has 0 saturated carbocycles. The van der Waals surface area contributed by atoms with Gasteiger partial charge in [0.2, 0.25) is 0 Å². The number of aliphatic hydroxyl groups excluding tert-OH is 1. The molecule has 1 aromatic carbocycles. The van der Waals surface area contributed by atoms with Crippen molar-refractivity contribution in [3.63, 3.8) is 0 Å². The molecule has 2 atom stereocenters. The maximum absolute atomic E-state index is 9.50. The second kappa shape index (κ2) is 6.88. The highest BCUT2D eigenvalue weighted by molar-refractivity contribution is 6.91. The molecule has 0 spiro atoms. The van der Waals surface area contributed by atoms with Crippen LogP contribution in [0.1, 0.15) is 6.92 Å². The van der Waals surface area contributed by atoms with Crippen molar-refractivity contribution in [1.29, 1.82) is 0 Å². The van der Waals surface area contributed by atoms with E-state index in [-0.39, 0.29) is 18.3 Å². The van der Waals surface area contributed by atoms with E-state index in [1.165, 1.54) is 5.19 Å². The van der Waals surface area contributed by atoms with Gasteiger partial charge in [0.25, 0.3) is 0 Å². The van der Waals surface area contributed by atoms with Gasteiger partial charge < -0.3 is 9.84 Å². The fourth-order valence-corrected chi connectivity index (χ4v) is 5.71. The molecule has 0 radical (unpaired) electrons. The zero-order valence-electron chi connectivity index (χ0n) is 11.8. The molecule has 0 unspecified atom stereocenters. The largest absolute Gasteiger partial charge is 0.394 e. The summed E-state index contributed by atoms with van der Waals surface area (Å²) >= 11 is 0. The summed E-state index contributed by atoms with van der Waals surface area (Å²) < 4.78 is 5.46. The molecule has 0 fully saturated rings. The molecule has 1 aromatic rings. The zero-order chi connectivity index (χ0) is 13.6. The summed E-state index contributed by atoms with van der Waals surface area (Å²) in [4.78, 5) is 0. The van der Waals surface area contributed by atoms with Crippen LogP contribution in [0.3, 0.4) is 0 Å². The van der Waals surface area contributed by atoms with Gasteiger partial charge in [-0.3, -0.25) is 0 Å². The number of benzene rings is 1. The first kappa shape index (κ1) is 15.2. The Morgan fingerprint density at radius 1 is 1.28 bits per heavy atom. The number of hydrogen-bond donors (Lipinski definition) is 1. The van der Waals surface area contributed by atoms with Gasteiger partial charge in [-0.1, -0.05) is 60.8 Å². The number of hydrogen-bond acceptors (Lipinski definition) is 2. The fourth-order valence-electron chi connectivity index (χ4n) is 2.43. The van der Waals surface area contributed by atoms with Crippen LogP contribution in [0.4, 0.5) is 0 Å². The second-order valence-electron chi connectivity index (χ2n) is 5.10. The number of allylic oxidation sites excluding steroid dienone is 1. The van der Waals surface area contributed by atoms with Crippen LogP contribution in [-0.2, 0) is 4.74 Å². The van der Waals surface area contributed by atoms with Crippen LogP contribution in [0.25, 0.3) is 0 Å². The maximum atomic E-state index is 9.50. The predicted molar refractivity (Wildman–Crippen MR) is 80.0 cm³/mol. The Labute approximate surface area is 111 Å². The lowest BCUT2D eigenvalue weighted by Crippen LogP contribution is -2.50. The Balaban J connectivity index is 3.11. The lowest BCUT2D eigenvalue weighted by molar-refractivity contribution is 0.0503. The molecule has 1 rings (SSSR count). The number of rotatable bonds is 6. The molecule has 0 aliphatic carbocycles. The van der Waals surface area contributed by atoms with Gasteiger partial charge in [0.1, 0.15) is 0 Å². The smallest absolute Gasteiger partial charge is 0.0903 e. The van der Waals surface area contributed by atoms with Crippen molar-refractivity contribution >= 4 is 13.3 Å². The highest BCUT2D eigenvalue weighted by Crippen LogP contribution is 2.28. The van der Waals surface area contributed by atoms with Crippen LogP contribution in [0, 0.1) is 0 Å². The molecule has 0 aliphatic heterocycles. The Hall–Kier alpha value is -0.903. The van der Waals surface area contributed by atoms with Crippen molar-refractivity contribution in [2.75, 3.05) is 13.7 Å². The van der Waals surface area contributed by atoms with E-state index in [1.807, 2.05) is 13.0 Å². The molecule has 2 nitrogen and oxygen atoms in total. The SMILES string of the molecule is C/C=C/[C@H]([C@@H](CO)OC)[Si](C)(C)c1ccccc1. The molecule has 0 heterocycles. The van der Waals surface area contributed by atoms with Crippen molar-refractivity contribution < 1.29 is 9.84 Å². The van der Waals surface area contributed by atoms with Crippen LogP contribution in [0.2, 0.25) is 18.6 Å². The third kappa shape index (κ3) is 3.31. The fraction of sp³-hybridized carbons (Fsp3) is 0.467. The van der Waals surface area contributed by atoms with Crippen LogP contribution in [0.15, 0.2) is 42.5 Å². The Morgan fingerprint density at radius 2 is 1.89 bits per heavy atom. The maximum Gasteiger partial charge on any atom is 0.0903 e. The van der Waals surface area contributed by atoms with Crippen molar-refractivity contribution in [3.8, 4) is 0 Å². The van der Waals surface area contributed by atoms with Gasteiger partial charge in [0.15, 0.2) is 0 Å². The normalized spacial score (nSPS) is 15.8. The Bertz CT molecular complexity index is 369. The first-order valence-corrected chi connectivity index (χ1v) is 9.47. The first-order valence-electron chi connectivity index (χ1n) is 6.40. The third-order valence-corrected chi connectivity index (χ3v) is 7.69. The predicted octanol–water partition coefficient (Wildman–Crippen LogP) is 2.56. The summed E-state index contributed by atoms with van der Waals surface area (Å²) in [6.45, 7) is 6.74. The van der Waals surface area contributed by atoms with Gasteiger partial charge in [-0.25, -0.2) is 0 Å². The summed E-state index contributed by atoms with van der Waals surface area (Å²) in [5, 5.41) is 10.9. The van der Waals surface area contributed by atoms with Crippen molar-refractivity contribution in [2.24, 2.45) is 0 Å². The highest BCUT2D eigenvalue weighted by atomic mass is 28.3. The summed E-state index contributed by atoms with van der Waals surface area (Å²) in [6, 6.07) is 10.6. The summed E-state index contributed by atoms with van der Waals surface area (Å²) in [7, 11) is -0.0332. The quantitative estimate of drug-likeness (QED) is 0.632. The number of aliphatic hydroxyl groups is 1. The molecule has 0 bridgehead atoms. The van der Waals surface area contributed by atoms with E-state index < -0.39 is 8.07 Å². The topological polar surface area (TPSA) is 29.5 Å². The third-order valence-electron chi connectivity index (χ3n) is 3.63. The number of methoxy groups -OCH3 is 1. The Kier molecular flexibility index (Phi) is 5.79. The van der Waals surface area contributed by atoms with E-state index in [0.717, 1.165) is 0 Å². The minimum atomic E-state index is -1.71. The van der Waals surface area contributed by atoms with E-state index >= 15 is 0 Å². The molecule has 0 aliphatic rings. The van der Waals surface area contributed by atoms with E-state index in [9.17, 15) is 5.11 Å². The Morgan fingerprint density at radius 3 is 2.33 bits per heavy atom. The molecule has 0 aromatic heterocycles. The number of ether oxygens (including phenoxy) is 1. The zero-order valence-corrected chi connectivity index (χ0v) is 12.8. The molecule has 0 saturated heterocycles. The lowest BCUT2D eigenvalue weighted by atomic mass is 10.2. The lowest BCUT2D eigenvalue weighted by Gasteiger charge is -2.35. The second-order valence-corrected chi connectivity index (χ2v) is 9.78. The van der Waals surface area contributed by atoms with E-state index in [4.69, 9.17) is 4.74 Å². The van der Waals surface area contributed by atoms with Crippen LogP contribution < -0.4 is 5.19 Å². The van der Waals surface area contributed by atoms with E-state index in [0.29, 0.717) is 0 Å². The average molecular weight is 264 g/mol. The summed E-state index contributed by atoms with van der Waals surface area (Å²) in [5.74, 6) is 0. The summed E-state index contributed by atoms with van der Waals surface area (Å²) in [5.41, 5.74) is 0.278. The average Bonchev–Trinajstić information content (AvgIpc) is 2.40. The van der Waals surface area contributed by atoms with E-state index in [1.54, 1.807) is 7.11 Å². The summed E-state index contributed by atoms with van der Waals surface area (Å²) in [6.07, 6.45) is 4.12. The molecular formula is C15H24O2Si. The van der Waals surface area contributed by atoms with Gasteiger partial charge in [0.05, 0.1) is 20.8 Å². The van der Waals surface area contributed by atoms with Gasteiger partial charge in [-0.2, -0.15) is 0 Å². The molecule has 18 heavy (non-hydrogen) atoms. The van der Waals surface area contributed by atoms with Crippen LogP contribution in [0.5, 0.6) is 0 Å². The van der Waals surface area contributed by atoms with Gasteiger partial charge >= 0.3 is 0 Å². The first-order chi connectivity index (χ1) is 8.57. The van der Waals surface area contributed by atoms with Crippen molar-refractivity contribution in [2.45, 2.75) is 31.7 Å². The molecule has 3 heteroatoms. The van der Waals surface area contributed by atoms with Crippen molar-refractivity contribution in [1.82, 2.24) is 0 Å². The van der Waals surface area contributed by atoms with Crippen LogP contribution in [-0.4, -0.2) is 33.0 Å². The highest BCUT2D eigenvalue weighted by Gasteiger charge is 2.37. The van der Waals surface area contributed by atoms with Crippen molar-refractivity contribution in [3.05, 3.63) is 42.5 Å². The van der Waals surface area contributed by atoms with Gasteiger partial charge in [-0.15, -0.1) is 0 Å². The molecule has 100 valence electrons. The minimum absolute atomic E-state index is 0.0643. The molecule has 1 N–H and O–H groups in total. The molecular weight excluding hydrogens is 240 g/mol. The monoisotopic (exact) mass is 264 g/mol. The minimum Gasteiger partial charge on any atom is -0.394 e. The van der Waals surface area contributed by atoms with Gasteiger partial charge in [0, 0.05) is 12.7 Å². The van der Waals surface area contributed by atoms with Gasteiger partial charge in [-0.05, 0) is 6.92 Å². The molecule has 0 amide bonds.